The van der Waals surface area contributed by atoms with Gasteiger partial charge in [-0.15, -0.1) is 7.92 Å². The maximum atomic E-state index is 14.7. The molecule has 0 saturated carbocycles. The first-order valence-corrected chi connectivity index (χ1v) is 10.5. The van der Waals surface area contributed by atoms with Gasteiger partial charge in [-0.2, -0.15) is 0 Å². The highest BCUT2D eigenvalue weighted by molar-refractivity contribution is 7.55. The fraction of sp³-hybridized carbons (Fsp3) is 0.211. The number of halogens is 2. The van der Waals surface area contributed by atoms with Gasteiger partial charge in [0.1, 0.15) is 17.4 Å². The van der Waals surface area contributed by atoms with E-state index in [-0.39, 0.29) is 25.0 Å². The molecule has 0 fully saturated rings. The third kappa shape index (κ3) is 3.70. The summed E-state index contributed by atoms with van der Waals surface area (Å²) in [7, 11) is -0.147. The topological polar surface area (TPSA) is 74.9 Å². The number of rotatable bonds is 6. The molecule has 4 N–H and O–H groups in total. The van der Waals surface area contributed by atoms with Crippen LogP contribution in [0.1, 0.15) is 11.1 Å². The van der Waals surface area contributed by atoms with Crippen molar-refractivity contribution in [1.82, 2.24) is 4.98 Å². The zero-order chi connectivity index (χ0) is 18.8. The lowest BCUT2D eigenvalue weighted by molar-refractivity contribution is 0.437. The number of benzene rings is 2. The summed E-state index contributed by atoms with van der Waals surface area (Å²) in [6.07, 6.45) is 3.39. The number of aromatic amines is 1. The Bertz CT molecular complexity index is 969. The predicted molar refractivity (Wildman–Crippen MR) is 103 cm³/mol. The van der Waals surface area contributed by atoms with Gasteiger partial charge in [-0.3, -0.25) is 5.41 Å². The smallest absolute Gasteiger partial charge is 0.168 e. The molecule has 1 aromatic heterocycles. The second-order valence-electron chi connectivity index (χ2n) is 6.32. The molecule has 0 amide bonds. The van der Waals surface area contributed by atoms with Crippen LogP contribution < -0.4 is 10.5 Å². The average molecular weight is 375 g/mol. The fourth-order valence-electron chi connectivity index (χ4n) is 2.81. The number of nitrogens with one attached hydrogen (secondary N) is 2. The first-order valence-electron chi connectivity index (χ1n) is 8.12. The Balaban J connectivity index is 2.06. The Labute approximate surface area is 151 Å². The van der Waals surface area contributed by atoms with Crippen LogP contribution in [0, 0.1) is 17.0 Å². The second kappa shape index (κ2) is 7.42. The number of nitrogens with two attached hydrogens (primary N) is 1. The molecule has 3 rings (SSSR count). The first-order chi connectivity index (χ1) is 12.4. The van der Waals surface area contributed by atoms with Crippen LogP contribution >= 0.6 is 7.92 Å². The van der Waals surface area contributed by atoms with Gasteiger partial charge in [0.15, 0.2) is 11.6 Å². The monoisotopic (exact) mass is 375 g/mol. The summed E-state index contributed by atoms with van der Waals surface area (Å²) in [4.78, 5) is 3.03. The molecule has 0 atom stereocenters. The molecule has 0 aliphatic carbocycles. The molecule has 0 unspecified atom stereocenters. The molecule has 0 saturated heterocycles. The molecule has 2 aromatic carbocycles. The summed E-state index contributed by atoms with van der Waals surface area (Å²) in [5.41, 5.74) is 6.81. The minimum absolute atomic E-state index is 0.0715. The Morgan fingerprint density at radius 2 is 1.96 bits per heavy atom. The molecule has 4 nitrogen and oxygen atoms in total. The van der Waals surface area contributed by atoms with Gasteiger partial charge >= 0.3 is 0 Å². The Kier molecular flexibility index (Phi) is 5.23. The van der Waals surface area contributed by atoms with E-state index < -0.39 is 17.5 Å². The molecule has 0 aliphatic rings. The van der Waals surface area contributed by atoms with E-state index in [2.05, 4.69) is 18.3 Å². The molecular weight excluding hydrogens is 355 g/mol. The number of amidine groups is 1. The van der Waals surface area contributed by atoms with Gasteiger partial charge in [-0.05, 0) is 50.2 Å². The van der Waals surface area contributed by atoms with E-state index >= 15 is 0 Å². The molecule has 0 aliphatic heterocycles. The maximum absolute atomic E-state index is 14.7. The van der Waals surface area contributed by atoms with Gasteiger partial charge in [-0.1, -0.05) is 0 Å². The summed E-state index contributed by atoms with van der Waals surface area (Å²) in [6, 6.07) is 7.17. The zero-order valence-electron chi connectivity index (χ0n) is 14.6. The summed E-state index contributed by atoms with van der Waals surface area (Å²) in [5, 5.41) is 8.35. The van der Waals surface area contributed by atoms with Gasteiger partial charge < -0.3 is 15.5 Å². The molecule has 136 valence electrons. The third-order valence-corrected chi connectivity index (χ3v) is 5.24. The largest absolute Gasteiger partial charge is 0.454 e. The third-order valence-electron chi connectivity index (χ3n) is 4.12. The van der Waals surface area contributed by atoms with Crippen molar-refractivity contribution in [3.8, 4) is 11.5 Å². The van der Waals surface area contributed by atoms with Gasteiger partial charge in [-0.25, -0.2) is 8.78 Å². The summed E-state index contributed by atoms with van der Waals surface area (Å²) in [5.74, 6) is -1.14. The van der Waals surface area contributed by atoms with Crippen molar-refractivity contribution in [1.29, 1.82) is 5.41 Å². The highest BCUT2D eigenvalue weighted by Crippen LogP contribution is 2.37. The lowest BCUT2D eigenvalue weighted by atomic mass is 10.1. The molecule has 3 aromatic rings. The first kappa shape index (κ1) is 18.3. The number of hydrogen-bond acceptors (Lipinski definition) is 2. The van der Waals surface area contributed by atoms with Crippen molar-refractivity contribution in [2.75, 3.05) is 19.5 Å². The van der Waals surface area contributed by atoms with Crippen LogP contribution in [-0.2, 0) is 6.42 Å². The molecular formula is C19H20F2N3OP. The molecule has 26 heavy (non-hydrogen) atoms. The van der Waals surface area contributed by atoms with E-state index in [4.69, 9.17) is 15.9 Å². The minimum atomic E-state index is -0.616. The predicted octanol–water partition coefficient (Wildman–Crippen LogP) is 4.81. The SMILES string of the molecule is CP(C)CCc1c(Oc2ccc(F)c(C(=N)N)c2)c(F)cc2[nH]ccc12. The molecule has 0 spiro atoms. The summed E-state index contributed by atoms with van der Waals surface area (Å²) < 4.78 is 34.3. The number of hydrogen-bond donors (Lipinski definition) is 3. The Morgan fingerprint density at radius 1 is 1.19 bits per heavy atom. The van der Waals surface area contributed by atoms with Gasteiger partial charge in [0, 0.05) is 28.7 Å². The highest BCUT2D eigenvalue weighted by atomic mass is 31.1. The van der Waals surface area contributed by atoms with Crippen LogP contribution in [0.5, 0.6) is 11.5 Å². The summed E-state index contributed by atoms with van der Waals surface area (Å²) in [6.45, 7) is 4.34. The van der Waals surface area contributed by atoms with E-state index in [1.165, 1.54) is 18.2 Å². The van der Waals surface area contributed by atoms with Crippen molar-refractivity contribution < 1.29 is 13.5 Å². The fourth-order valence-corrected chi connectivity index (χ4v) is 3.48. The van der Waals surface area contributed by atoms with E-state index in [9.17, 15) is 8.78 Å². The number of ether oxygens (including phenoxy) is 1. The van der Waals surface area contributed by atoms with Gasteiger partial charge in [0.2, 0.25) is 0 Å². The van der Waals surface area contributed by atoms with Crippen LogP contribution in [0.15, 0.2) is 36.5 Å². The Morgan fingerprint density at radius 3 is 2.65 bits per heavy atom. The van der Waals surface area contributed by atoms with Gasteiger partial charge in [0.25, 0.3) is 0 Å². The maximum Gasteiger partial charge on any atom is 0.168 e. The standard InChI is InChI=1S/C19H20F2N3OP/c1-26(2)8-6-13-12-5-7-24-17(12)10-16(21)18(13)25-11-3-4-15(20)14(9-11)19(22)23/h3-5,7,9-10,24H,6,8H2,1-2H3,(H3,22,23). The lowest BCUT2D eigenvalue weighted by Gasteiger charge is -2.15. The van der Waals surface area contributed by atoms with Crippen LogP contribution in [-0.4, -0.2) is 30.3 Å². The molecule has 0 bridgehead atoms. The molecule has 0 radical (unpaired) electrons. The van der Waals surface area contributed by atoms with Crippen LogP contribution in [0.25, 0.3) is 10.9 Å². The normalized spacial score (nSPS) is 11.3. The molecule has 1 heterocycles. The van der Waals surface area contributed by atoms with E-state index in [0.717, 1.165) is 23.2 Å². The van der Waals surface area contributed by atoms with E-state index in [1.54, 1.807) is 6.20 Å². The van der Waals surface area contributed by atoms with Crippen molar-refractivity contribution in [2.24, 2.45) is 5.73 Å². The number of aryl methyl sites for hydroxylation is 1. The van der Waals surface area contributed by atoms with Crippen molar-refractivity contribution >= 4 is 24.7 Å². The van der Waals surface area contributed by atoms with Crippen molar-refractivity contribution in [2.45, 2.75) is 6.42 Å². The van der Waals surface area contributed by atoms with E-state index in [1.807, 2.05) is 6.07 Å². The van der Waals surface area contributed by atoms with Crippen LogP contribution in [0.3, 0.4) is 0 Å². The van der Waals surface area contributed by atoms with Gasteiger partial charge in [0.05, 0.1) is 5.56 Å². The quantitative estimate of drug-likeness (QED) is 0.329. The lowest BCUT2D eigenvalue weighted by Crippen LogP contribution is -2.13. The number of aromatic nitrogens is 1. The highest BCUT2D eigenvalue weighted by Gasteiger charge is 2.18. The molecule has 7 heteroatoms. The number of fused-ring (bicyclic) bond motifs is 1. The van der Waals surface area contributed by atoms with E-state index in [0.29, 0.717) is 11.9 Å². The van der Waals surface area contributed by atoms with Crippen LogP contribution in [0.2, 0.25) is 0 Å². The summed E-state index contributed by atoms with van der Waals surface area (Å²) >= 11 is 0. The second-order valence-corrected chi connectivity index (χ2v) is 8.92. The van der Waals surface area contributed by atoms with Crippen LogP contribution in [0.4, 0.5) is 8.78 Å². The minimum Gasteiger partial charge on any atom is -0.454 e. The average Bonchev–Trinajstić information content (AvgIpc) is 3.03. The number of nitrogen functional groups attached to an aromatic ring is 1. The number of H-pyrrole nitrogens is 1. The van der Waals surface area contributed by atoms with Crippen molar-refractivity contribution in [3.05, 3.63) is 59.3 Å². The van der Waals surface area contributed by atoms with Crippen molar-refractivity contribution in [3.63, 3.8) is 0 Å². The zero-order valence-corrected chi connectivity index (χ0v) is 15.5. The Hall–Kier alpha value is -2.46.